The lowest BCUT2D eigenvalue weighted by Crippen LogP contribution is -2.32. The van der Waals surface area contributed by atoms with Crippen molar-refractivity contribution in [2.24, 2.45) is 0 Å². The van der Waals surface area contributed by atoms with Gasteiger partial charge in [-0.15, -0.1) is 0 Å². The van der Waals surface area contributed by atoms with Crippen LogP contribution < -0.4 is 14.8 Å². The van der Waals surface area contributed by atoms with Crippen LogP contribution in [0.15, 0.2) is 66.7 Å². The highest BCUT2D eigenvalue weighted by atomic mass is 32.2. The van der Waals surface area contributed by atoms with Gasteiger partial charge in [0, 0.05) is 30.6 Å². The molecule has 1 heterocycles. The molecule has 0 aliphatic rings. The summed E-state index contributed by atoms with van der Waals surface area (Å²) < 4.78 is 32.0. The number of anilines is 1. The third-order valence-corrected chi connectivity index (χ3v) is 6.69. The van der Waals surface area contributed by atoms with Crippen molar-refractivity contribution < 1.29 is 22.7 Å². The first-order chi connectivity index (χ1) is 18.7. The first-order valence-electron chi connectivity index (χ1n) is 12.8. The lowest BCUT2D eigenvalue weighted by molar-refractivity contribution is -0.115. The minimum atomic E-state index is -3.74. The van der Waals surface area contributed by atoms with Gasteiger partial charge < -0.3 is 14.6 Å². The van der Waals surface area contributed by atoms with Crippen LogP contribution in [0, 0.1) is 0 Å². The smallest absolute Gasteiger partial charge is 0.409 e. The molecule has 3 aromatic carbocycles. The Morgan fingerprint density at radius 2 is 1.74 bits per heavy atom. The molecular formula is C29H32N4O5S. The second kappa shape index (κ2) is 12.1. The maximum absolute atomic E-state index is 12.0. The van der Waals surface area contributed by atoms with Crippen molar-refractivity contribution in [3.63, 3.8) is 0 Å². The maximum atomic E-state index is 12.0. The van der Waals surface area contributed by atoms with Crippen LogP contribution >= 0.6 is 0 Å². The van der Waals surface area contributed by atoms with Gasteiger partial charge in [-0.25, -0.2) is 22.9 Å². The second-order valence-corrected chi connectivity index (χ2v) is 11.0. The van der Waals surface area contributed by atoms with Gasteiger partial charge in [0.05, 0.1) is 17.3 Å². The van der Waals surface area contributed by atoms with E-state index in [0.29, 0.717) is 18.5 Å². The highest BCUT2D eigenvalue weighted by molar-refractivity contribution is 7.89. The summed E-state index contributed by atoms with van der Waals surface area (Å²) in [4.78, 5) is 28.8. The average Bonchev–Trinajstić information content (AvgIpc) is 3.23. The zero-order valence-electron chi connectivity index (χ0n) is 22.2. The molecule has 0 unspecified atom stereocenters. The number of hydrogen-bond donors (Lipinski definition) is 2. The Bertz CT molecular complexity index is 1590. The van der Waals surface area contributed by atoms with Crippen molar-refractivity contribution >= 4 is 38.7 Å². The van der Waals surface area contributed by atoms with Gasteiger partial charge in [-0.05, 0) is 41.8 Å². The van der Waals surface area contributed by atoms with Crippen molar-refractivity contribution in [3.05, 3.63) is 78.1 Å². The van der Waals surface area contributed by atoms with Crippen LogP contribution in [-0.2, 0) is 27.8 Å². The first-order valence-corrected chi connectivity index (χ1v) is 14.7. The summed E-state index contributed by atoms with van der Waals surface area (Å²) in [6, 6.07) is 20.6. The molecule has 0 aliphatic heterocycles. The fourth-order valence-corrected chi connectivity index (χ4v) is 4.58. The van der Waals surface area contributed by atoms with E-state index in [-0.39, 0.29) is 11.7 Å². The standard InChI is InChI=1S/C29H32N4O5S/c1-4-6-11-27-31-24-17-16-22(30-28(34)5-2)18-25(24)33(27)19-20-12-14-21(15-13-20)23-9-7-8-10-26(23)38-29(35)32-39(3,36)37/h7-10,12-18H,4-6,11,19H2,1-3H3,(H,30,34)(H,32,35). The largest absolute Gasteiger partial charge is 0.426 e. The van der Waals surface area contributed by atoms with Crippen LogP contribution in [0.1, 0.15) is 44.5 Å². The summed E-state index contributed by atoms with van der Waals surface area (Å²) in [5.41, 5.74) is 5.09. The summed E-state index contributed by atoms with van der Waals surface area (Å²) >= 11 is 0. The minimum Gasteiger partial charge on any atom is -0.409 e. The normalized spacial score (nSPS) is 11.4. The Morgan fingerprint density at radius 1 is 1.00 bits per heavy atom. The Balaban J connectivity index is 1.62. The minimum absolute atomic E-state index is 0.0414. The number of carbonyl (C=O) groups excluding carboxylic acids is 2. The number of amides is 2. The van der Waals surface area contributed by atoms with Gasteiger partial charge in [-0.2, -0.15) is 0 Å². The van der Waals surface area contributed by atoms with E-state index in [9.17, 15) is 18.0 Å². The number of carbonyl (C=O) groups is 2. The molecule has 4 aromatic rings. The molecule has 0 atom stereocenters. The number of unbranched alkanes of at least 4 members (excludes halogenated alkanes) is 1. The number of aryl methyl sites for hydroxylation is 1. The molecule has 2 N–H and O–H groups in total. The van der Waals surface area contributed by atoms with Crippen molar-refractivity contribution in [1.29, 1.82) is 0 Å². The second-order valence-electron chi connectivity index (χ2n) is 9.28. The molecule has 2 amide bonds. The molecule has 0 fully saturated rings. The number of imidazole rings is 1. The number of sulfonamides is 1. The third-order valence-electron chi connectivity index (χ3n) is 6.15. The van der Waals surface area contributed by atoms with E-state index >= 15 is 0 Å². The Hall–Kier alpha value is -4.18. The summed E-state index contributed by atoms with van der Waals surface area (Å²) in [5, 5.41) is 2.93. The van der Waals surface area contributed by atoms with Crippen molar-refractivity contribution in [2.75, 3.05) is 11.6 Å². The maximum Gasteiger partial charge on any atom is 0.426 e. The molecule has 0 saturated heterocycles. The monoisotopic (exact) mass is 548 g/mol. The van der Waals surface area contributed by atoms with E-state index in [2.05, 4.69) is 16.8 Å². The van der Waals surface area contributed by atoms with E-state index < -0.39 is 16.1 Å². The zero-order chi connectivity index (χ0) is 28.0. The molecular weight excluding hydrogens is 516 g/mol. The van der Waals surface area contributed by atoms with Crippen LogP contribution in [0.2, 0.25) is 0 Å². The fourth-order valence-electron chi connectivity index (χ4n) is 4.24. The van der Waals surface area contributed by atoms with Crippen LogP contribution in [-0.4, -0.2) is 36.2 Å². The summed E-state index contributed by atoms with van der Waals surface area (Å²) in [6.07, 6.45) is 3.15. The van der Waals surface area contributed by atoms with E-state index in [1.807, 2.05) is 60.2 Å². The number of aromatic nitrogens is 2. The number of fused-ring (bicyclic) bond motifs is 1. The van der Waals surface area contributed by atoms with Gasteiger partial charge in [0.1, 0.15) is 11.6 Å². The highest BCUT2D eigenvalue weighted by Crippen LogP contribution is 2.31. The molecule has 0 radical (unpaired) electrons. The third kappa shape index (κ3) is 7.23. The fraction of sp³-hybridized carbons (Fsp3) is 0.276. The summed E-state index contributed by atoms with van der Waals surface area (Å²) in [5.74, 6) is 1.20. The predicted molar refractivity (Wildman–Crippen MR) is 152 cm³/mol. The summed E-state index contributed by atoms with van der Waals surface area (Å²) in [7, 11) is -3.74. The molecule has 39 heavy (non-hydrogen) atoms. The van der Waals surface area contributed by atoms with Gasteiger partial charge in [-0.3, -0.25) is 4.79 Å². The zero-order valence-corrected chi connectivity index (χ0v) is 23.0. The molecule has 10 heteroatoms. The SMILES string of the molecule is CCCCc1nc2ccc(NC(=O)CC)cc2n1Cc1ccc(-c2ccccc2OC(=O)NS(C)(=O)=O)cc1. The van der Waals surface area contributed by atoms with Gasteiger partial charge in [0.25, 0.3) is 0 Å². The van der Waals surface area contributed by atoms with Gasteiger partial charge in [-0.1, -0.05) is 62.7 Å². The lowest BCUT2D eigenvalue weighted by Gasteiger charge is -2.13. The Labute approximate surface area is 228 Å². The summed E-state index contributed by atoms with van der Waals surface area (Å²) in [6.45, 7) is 4.56. The van der Waals surface area contributed by atoms with E-state index in [1.54, 1.807) is 18.2 Å². The average molecular weight is 549 g/mol. The number of nitrogens with zero attached hydrogens (tertiary/aromatic N) is 2. The molecule has 9 nitrogen and oxygen atoms in total. The van der Waals surface area contributed by atoms with Gasteiger partial charge in [0.15, 0.2) is 0 Å². The number of hydrogen-bond acceptors (Lipinski definition) is 6. The number of ether oxygens (including phenoxy) is 1. The Kier molecular flexibility index (Phi) is 8.65. The molecule has 204 valence electrons. The molecule has 0 spiro atoms. The van der Waals surface area contributed by atoms with E-state index in [4.69, 9.17) is 9.72 Å². The molecule has 0 aliphatic carbocycles. The molecule has 1 aromatic heterocycles. The van der Waals surface area contributed by atoms with Crippen LogP contribution in [0.3, 0.4) is 0 Å². The number of rotatable bonds is 10. The van der Waals surface area contributed by atoms with E-state index in [1.165, 1.54) is 0 Å². The molecule has 0 bridgehead atoms. The van der Waals surface area contributed by atoms with Crippen molar-refractivity contribution in [3.8, 4) is 16.9 Å². The first kappa shape index (κ1) is 27.8. The van der Waals surface area contributed by atoms with Crippen LogP contribution in [0.25, 0.3) is 22.2 Å². The van der Waals surface area contributed by atoms with Gasteiger partial charge >= 0.3 is 6.09 Å². The van der Waals surface area contributed by atoms with Crippen molar-refractivity contribution in [1.82, 2.24) is 14.3 Å². The predicted octanol–water partition coefficient (Wildman–Crippen LogP) is 5.49. The number of benzene rings is 3. The van der Waals surface area contributed by atoms with E-state index in [0.717, 1.165) is 59.2 Å². The number of nitrogens with one attached hydrogen (secondary N) is 2. The lowest BCUT2D eigenvalue weighted by atomic mass is 10.0. The quantitative estimate of drug-likeness (QED) is 0.270. The van der Waals surface area contributed by atoms with Gasteiger partial charge in [0.2, 0.25) is 15.9 Å². The van der Waals surface area contributed by atoms with Crippen molar-refractivity contribution in [2.45, 2.75) is 46.1 Å². The Morgan fingerprint density at radius 3 is 2.44 bits per heavy atom. The highest BCUT2D eigenvalue weighted by Gasteiger charge is 2.15. The number of para-hydroxylation sites is 1. The molecule has 4 rings (SSSR count). The van der Waals surface area contributed by atoms with Crippen LogP contribution in [0.5, 0.6) is 5.75 Å². The molecule has 0 saturated carbocycles. The topological polar surface area (TPSA) is 119 Å². The van der Waals surface area contributed by atoms with Crippen LogP contribution in [0.4, 0.5) is 10.5 Å².